The molecule has 0 unspecified atom stereocenters. The molecule has 0 aliphatic heterocycles. The van der Waals surface area contributed by atoms with Crippen molar-refractivity contribution in [2.75, 3.05) is 20.1 Å². The number of likely N-dealkylation sites (N-methyl/N-ethyl adjacent to an activating group) is 1. The average molecular weight is 184 g/mol. The first-order chi connectivity index (χ1) is 6.22. The number of carbonyl (C=O) groups excluding carboxylic acids is 1. The number of carbonyl (C=O) groups is 1. The van der Waals surface area contributed by atoms with Gasteiger partial charge in [0, 0.05) is 20.0 Å². The summed E-state index contributed by atoms with van der Waals surface area (Å²) in [7, 11) is 1.80. The number of nitrogens with zero attached hydrogens (tertiary/aromatic N) is 1. The van der Waals surface area contributed by atoms with Gasteiger partial charge in [-0.25, -0.2) is 0 Å². The largest absolute Gasteiger partial charge is 0.342 e. The van der Waals surface area contributed by atoms with Crippen molar-refractivity contribution in [1.29, 1.82) is 0 Å². The van der Waals surface area contributed by atoms with E-state index < -0.39 is 0 Å². The Hall–Kier alpha value is -0.830. The summed E-state index contributed by atoms with van der Waals surface area (Å²) in [6.45, 7) is 4.94. The first kappa shape index (κ1) is 12.2. The van der Waals surface area contributed by atoms with E-state index >= 15 is 0 Å². The standard InChI is InChI=1S/C10H20N2O/c1-3-9-12(2)10(13)7-5-4-6-8-11/h3H,1,4-9,11H2,2H3. The van der Waals surface area contributed by atoms with Gasteiger partial charge in [-0.2, -0.15) is 0 Å². The van der Waals surface area contributed by atoms with Crippen LogP contribution in [-0.4, -0.2) is 30.9 Å². The van der Waals surface area contributed by atoms with Gasteiger partial charge in [0.25, 0.3) is 0 Å². The Morgan fingerprint density at radius 1 is 1.46 bits per heavy atom. The highest BCUT2D eigenvalue weighted by atomic mass is 16.2. The van der Waals surface area contributed by atoms with Crippen LogP contribution in [0.1, 0.15) is 25.7 Å². The van der Waals surface area contributed by atoms with Crippen LogP contribution in [0.15, 0.2) is 12.7 Å². The summed E-state index contributed by atoms with van der Waals surface area (Å²) in [5.74, 6) is 0.192. The molecule has 0 bridgehead atoms. The molecule has 13 heavy (non-hydrogen) atoms. The highest BCUT2D eigenvalue weighted by Gasteiger charge is 2.05. The topological polar surface area (TPSA) is 46.3 Å². The average Bonchev–Trinajstić information content (AvgIpc) is 2.12. The van der Waals surface area contributed by atoms with E-state index in [0.29, 0.717) is 13.0 Å². The van der Waals surface area contributed by atoms with E-state index in [1.165, 1.54) is 0 Å². The van der Waals surface area contributed by atoms with E-state index in [-0.39, 0.29) is 5.91 Å². The summed E-state index contributed by atoms with van der Waals surface area (Å²) in [6, 6.07) is 0. The fourth-order valence-electron chi connectivity index (χ4n) is 1.08. The second-order valence-electron chi connectivity index (χ2n) is 3.16. The Morgan fingerprint density at radius 3 is 2.69 bits per heavy atom. The molecule has 0 rings (SSSR count). The van der Waals surface area contributed by atoms with Crippen LogP contribution < -0.4 is 5.73 Å². The molecule has 0 heterocycles. The summed E-state index contributed by atoms with van der Waals surface area (Å²) in [5.41, 5.74) is 5.34. The zero-order chi connectivity index (χ0) is 10.1. The van der Waals surface area contributed by atoms with Crippen molar-refractivity contribution in [2.24, 2.45) is 5.73 Å². The van der Waals surface area contributed by atoms with Crippen molar-refractivity contribution in [1.82, 2.24) is 4.90 Å². The lowest BCUT2D eigenvalue weighted by atomic mass is 10.2. The summed E-state index contributed by atoms with van der Waals surface area (Å²) in [6.07, 6.45) is 5.36. The quantitative estimate of drug-likeness (QED) is 0.476. The van der Waals surface area contributed by atoms with E-state index in [0.717, 1.165) is 25.8 Å². The molecule has 0 spiro atoms. The van der Waals surface area contributed by atoms with Crippen molar-refractivity contribution in [2.45, 2.75) is 25.7 Å². The van der Waals surface area contributed by atoms with Crippen LogP contribution in [0.25, 0.3) is 0 Å². The molecule has 0 aromatic carbocycles. The molecule has 3 nitrogen and oxygen atoms in total. The number of hydrogen-bond donors (Lipinski definition) is 1. The maximum atomic E-state index is 11.3. The van der Waals surface area contributed by atoms with Crippen LogP contribution in [0.3, 0.4) is 0 Å². The molecule has 0 fully saturated rings. The number of amides is 1. The fourth-order valence-corrected chi connectivity index (χ4v) is 1.08. The Kier molecular flexibility index (Phi) is 7.30. The van der Waals surface area contributed by atoms with Gasteiger partial charge in [-0.3, -0.25) is 4.79 Å². The molecular formula is C10H20N2O. The van der Waals surface area contributed by atoms with Gasteiger partial charge >= 0.3 is 0 Å². The Labute approximate surface area is 80.6 Å². The zero-order valence-corrected chi connectivity index (χ0v) is 8.46. The molecule has 76 valence electrons. The number of rotatable bonds is 7. The van der Waals surface area contributed by atoms with E-state index in [1.807, 2.05) is 0 Å². The maximum absolute atomic E-state index is 11.3. The van der Waals surface area contributed by atoms with Crippen LogP contribution in [0.5, 0.6) is 0 Å². The predicted molar refractivity (Wildman–Crippen MR) is 55.4 cm³/mol. The number of nitrogens with two attached hydrogens (primary N) is 1. The third kappa shape index (κ3) is 6.34. The Morgan fingerprint density at radius 2 is 2.15 bits per heavy atom. The van der Waals surface area contributed by atoms with E-state index in [4.69, 9.17) is 5.73 Å². The highest BCUT2D eigenvalue weighted by molar-refractivity contribution is 5.75. The van der Waals surface area contributed by atoms with Crippen molar-refractivity contribution >= 4 is 5.91 Å². The third-order valence-corrected chi connectivity index (χ3v) is 1.92. The van der Waals surface area contributed by atoms with Gasteiger partial charge in [0.1, 0.15) is 0 Å². The monoisotopic (exact) mass is 184 g/mol. The van der Waals surface area contributed by atoms with Crippen LogP contribution in [0, 0.1) is 0 Å². The Bertz CT molecular complexity index is 157. The Balaban J connectivity index is 3.44. The van der Waals surface area contributed by atoms with E-state index in [1.54, 1.807) is 18.0 Å². The fraction of sp³-hybridized carbons (Fsp3) is 0.700. The molecule has 0 aliphatic carbocycles. The van der Waals surface area contributed by atoms with Crippen molar-refractivity contribution in [3.8, 4) is 0 Å². The van der Waals surface area contributed by atoms with Crippen LogP contribution >= 0.6 is 0 Å². The summed E-state index contributed by atoms with van der Waals surface area (Å²) in [5, 5.41) is 0. The first-order valence-corrected chi connectivity index (χ1v) is 4.77. The van der Waals surface area contributed by atoms with Gasteiger partial charge in [0.15, 0.2) is 0 Å². The molecule has 0 saturated heterocycles. The molecule has 3 heteroatoms. The van der Waals surface area contributed by atoms with Crippen LogP contribution in [-0.2, 0) is 4.79 Å². The number of unbranched alkanes of at least 4 members (excludes halogenated alkanes) is 2. The van der Waals surface area contributed by atoms with Gasteiger partial charge in [-0.05, 0) is 19.4 Å². The lowest BCUT2D eigenvalue weighted by Crippen LogP contribution is -2.26. The first-order valence-electron chi connectivity index (χ1n) is 4.77. The minimum absolute atomic E-state index is 0.192. The molecule has 0 aromatic heterocycles. The zero-order valence-electron chi connectivity index (χ0n) is 8.46. The van der Waals surface area contributed by atoms with Crippen molar-refractivity contribution < 1.29 is 4.79 Å². The molecule has 0 radical (unpaired) electrons. The molecule has 1 amide bonds. The van der Waals surface area contributed by atoms with E-state index in [2.05, 4.69) is 6.58 Å². The molecule has 0 aliphatic rings. The normalized spacial score (nSPS) is 9.69. The lowest BCUT2D eigenvalue weighted by molar-refractivity contribution is -0.129. The van der Waals surface area contributed by atoms with E-state index in [9.17, 15) is 4.79 Å². The smallest absolute Gasteiger partial charge is 0.222 e. The van der Waals surface area contributed by atoms with Gasteiger partial charge < -0.3 is 10.6 Å². The van der Waals surface area contributed by atoms with Gasteiger partial charge in [0.2, 0.25) is 5.91 Å². The lowest BCUT2D eigenvalue weighted by Gasteiger charge is -2.14. The minimum atomic E-state index is 0.192. The molecule has 0 atom stereocenters. The predicted octanol–water partition coefficient (Wildman–Crippen LogP) is 1.15. The molecule has 0 saturated carbocycles. The maximum Gasteiger partial charge on any atom is 0.222 e. The second-order valence-corrected chi connectivity index (χ2v) is 3.16. The number of hydrogen-bond acceptors (Lipinski definition) is 2. The van der Waals surface area contributed by atoms with Crippen molar-refractivity contribution in [3.63, 3.8) is 0 Å². The minimum Gasteiger partial charge on any atom is -0.342 e. The van der Waals surface area contributed by atoms with Crippen LogP contribution in [0.4, 0.5) is 0 Å². The van der Waals surface area contributed by atoms with Gasteiger partial charge in [-0.15, -0.1) is 6.58 Å². The molecular weight excluding hydrogens is 164 g/mol. The molecule has 2 N–H and O–H groups in total. The summed E-state index contributed by atoms with van der Waals surface area (Å²) < 4.78 is 0. The van der Waals surface area contributed by atoms with Crippen molar-refractivity contribution in [3.05, 3.63) is 12.7 Å². The SMILES string of the molecule is C=CCN(C)C(=O)CCCCCN. The molecule has 0 aromatic rings. The second kappa shape index (κ2) is 7.80. The van der Waals surface area contributed by atoms with Crippen LogP contribution in [0.2, 0.25) is 0 Å². The third-order valence-electron chi connectivity index (χ3n) is 1.92. The summed E-state index contributed by atoms with van der Waals surface area (Å²) >= 11 is 0. The highest BCUT2D eigenvalue weighted by Crippen LogP contribution is 2.01. The van der Waals surface area contributed by atoms with Gasteiger partial charge in [-0.1, -0.05) is 12.5 Å². The van der Waals surface area contributed by atoms with Gasteiger partial charge in [0.05, 0.1) is 0 Å². The summed E-state index contributed by atoms with van der Waals surface area (Å²) in [4.78, 5) is 13.0.